The number of nitrogens with zero attached hydrogens (tertiary/aromatic N) is 1. The molecule has 0 aromatic heterocycles. The van der Waals surface area contributed by atoms with Crippen molar-refractivity contribution in [1.29, 1.82) is 0 Å². The third-order valence-electron chi connectivity index (χ3n) is 6.00. The molecule has 136 valence electrons. The van der Waals surface area contributed by atoms with E-state index in [2.05, 4.69) is 17.4 Å². The number of Topliss-reactive ketones (excluding diaryl/α,β-unsaturated/α-hetero) is 2. The highest BCUT2D eigenvalue weighted by molar-refractivity contribution is 6.52. The second-order valence-electron chi connectivity index (χ2n) is 7.45. The summed E-state index contributed by atoms with van der Waals surface area (Å²) in [4.78, 5) is 25.6. The zero-order chi connectivity index (χ0) is 18.4. The molecule has 5 rings (SSSR count). The number of benzene rings is 2. The molecule has 3 aliphatic rings. The number of carbonyl (C=O) groups is 2. The Morgan fingerprint density at radius 1 is 0.852 bits per heavy atom. The molecule has 1 aliphatic carbocycles. The van der Waals surface area contributed by atoms with Crippen molar-refractivity contribution in [3.8, 4) is 0 Å². The summed E-state index contributed by atoms with van der Waals surface area (Å²) in [5.74, 6) is -0.762. The maximum atomic E-state index is 12.9. The molecular weight excluding hydrogens is 340 g/mol. The zero-order valence-electron chi connectivity index (χ0n) is 15.0. The van der Waals surface area contributed by atoms with Crippen molar-refractivity contribution in [3.63, 3.8) is 0 Å². The van der Waals surface area contributed by atoms with E-state index in [0.29, 0.717) is 35.4 Å². The number of ketones is 2. The van der Waals surface area contributed by atoms with Crippen LogP contribution < -0.4 is 5.32 Å². The molecule has 0 radical (unpaired) electrons. The molecule has 1 saturated heterocycles. The lowest BCUT2D eigenvalue weighted by molar-refractivity contribution is -0.963. The highest BCUT2D eigenvalue weighted by Gasteiger charge is 2.49. The van der Waals surface area contributed by atoms with Gasteiger partial charge in [-0.05, 0) is 0 Å². The Morgan fingerprint density at radius 2 is 1.52 bits per heavy atom. The third-order valence-corrected chi connectivity index (χ3v) is 6.00. The minimum Gasteiger partial charge on any atom is -0.370 e. The Morgan fingerprint density at radius 3 is 2.26 bits per heavy atom. The summed E-state index contributed by atoms with van der Waals surface area (Å²) in [5.41, 5.74) is 3.96. The first-order valence-electron chi connectivity index (χ1n) is 9.36. The molecule has 5 nitrogen and oxygen atoms in total. The van der Waals surface area contributed by atoms with Crippen LogP contribution in [-0.2, 0) is 9.53 Å². The number of carbonyl (C=O) groups excluding carboxylic acids is 2. The summed E-state index contributed by atoms with van der Waals surface area (Å²) < 4.78 is 6.31. The molecule has 1 atom stereocenters. The van der Waals surface area contributed by atoms with Gasteiger partial charge in [-0.25, -0.2) is 0 Å². The standard InChI is InChI=1S/C22H20N2O3/c25-20-17-9-5-4-8-16(17)19-18(21(20)26)14-24(10-12-27-13-11-24)22(23-19)15-6-2-1-3-7-15/h1-9,22H,10-14H2/p+1. The van der Waals surface area contributed by atoms with Crippen molar-refractivity contribution in [2.24, 2.45) is 0 Å². The van der Waals surface area contributed by atoms with E-state index in [-0.39, 0.29) is 11.9 Å². The van der Waals surface area contributed by atoms with Gasteiger partial charge >= 0.3 is 0 Å². The van der Waals surface area contributed by atoms with Gasteiger partial charge in [-0.15, -0.1) is 0 Å². The van der Waals surface area contributed by atoms with E-state index in [1.165, 1.54) is 5.56 Å². The van der Waals surface area contributed by atoms with Crippen LogP contribution in [0.4, 0.5) is 0 Å². The SMILES string of the molecule is O=C1C(=O)c2ccccc2C2=C1C[N+]1(CCOCC1)C(c1ccccc1)N2. The number of hydrogen-bond acceptors (Lipinski definition) is 4. The Bertz CT molecular complexity index is 959. The number of rotatable bonds is 1. The average Bonchev–Trinajstić information content (AvgIpc) is 2.73. The van der Waals surface area contributed by atoms with Crippen molar-refractivity contribution < 1.29 is 18.8 Å². The van der Waals surface area contributed by atoms with Crippen LogP contribution >= 0.6 is 0 Å². The van der Waals surface area contributed by atoms with Gasteiger partial charge in [-0.2, -0.15) is 0 Å². The van der Waals surface area contributed by atoms with E-state index < -0.39 is 5.78 Å². The molecule has 2 aromatic carbocycles. The van der Waals surface area contributed by atoms with Gasteiger partial charge in [0.1, 0.15) is 19.6 Å². The predicted molar refractivity (Wildman–Crippen MR) is 101 cm³/mol. The van der Waals surface area contributed by atoms with E-state index in [9.17, 15) is 9.59 Å². The van der Waals surface area contributed by atoms with Gasteiger partial charge in [-0.3, -0.25) is 14.1 Å². The van der Waals surface area contributed by atoms with Crippen LogP contribution in [0.1, 0.15) is 27.7 Å². The summed E-state index contributed by atoms with van der Waals surface area (Å²) in [5, 5.41) is 3.66. The van der Waals surface area contributed by atoms with E-state index in [1.54, 1.807) is 6.07 Å². The van der Waals surface area contributed by atoms with Crippen LogP contribution in [0, 0.1) is 0 Å². The lowest BCUT2D eigenvalue weighted by Crippen LogP contribution is -2.64. The van der Waals surface area contributed by atoms with Gasteiger partial charge in [0.25, 0.3) is 0 Å². The molecule has 0 saturated carbocycles. The monoisotopic (exact) mass is 361 g/mol. The highest BCUT2D eigenvalue weighted by atomic mass is 16.5. The molecule has 2 heterocycles. The summed E-state index contributed by atoms with van der Waals surface area (Å²) >= 11 is 0. The molecule has 2 aromatic rings. The first-order chi connectivity index (χ1) is 13.2. The van der Waals surface area contributed by atoms with Crippen molar-refractivity contribution in [2.45, 2.75) is 6.17 Å². The fourth-order valence-electron chi connectivity index (χ4n) is 4.59. The van der Waals surface area contributed by atoms with Crippen molar-refractivity contribution in [2.75, 3.05) is 32.8 Å². The van der Waals surface area contributed by atoms with Crippen molar-refractivity contribution >= 4 is 17.3 Å². The topological polar surface area (TPSA) is 55.4 Å². The van der Waals surface area contributed by atoms with Crippen LogP contribution in [0.2, 0.25) is 0 Å². The quantitative estimate of drug-likeness (QED) is 0.626. The summed E-state index contributed by atoms with van der Waals surface area (Å²) in [7, 11) is 0. The zero-order valence-corrected chi connectivity index (χ0v) is 15.0. The maximum absolute atomic E-state index is 12.9. The molecule has 1 unspecified atom stereocenters. The van der Waals surface area contributed by atoms with E-state index in [1.807, 2.05) is 36.4 Å². The molecule has 5 heteroatoms. The lowest BCUT2D eigenvalue weighted by Gasteiger charge is -2.51. The molecule has 1 spiro atoms. The third kappa shape index (κ3) is 2.46. The van der Waals surface area contributed by atoms with Crippen molar-refractivity contribution in [1.82, 2.24) is 5.32 Å². The largest absolute Gasteiger partial charge is 0.370 e. The van der Waals surface area contributed by atoms with E-state index in [4.69, 9.17) is 4.74 Å². The molecule has 2 aliphatic heterocycles. The second kappa shape index (κ2) is 6.15. The van der Waals surface area contributed by atoms with Gasteiger partial charge in [0.05, 0.1) is 24.5 Å². The highest BCUT2D eigenvalue weighted by Crippen LogP contribution is 2.40. The Kier molecular flexibility index (Phi) is 3.74. The smallest absolute Gasteiger partial charge is 0.237 e. The van der Waals surface area contributed by atoms with E-state index >= 15 is 0 Å². The summed E-state index contributed by atoms with van der Waals surface area (Å²) in [6.07, 6.45) is 0.0305. The fraction of sp³-hybridized carbons (Fsp3) is 0.273. The number of morpholine rings is 1. The minimum atomic E-state index is -0.393. The molecule has 1 N–H and O–H groups in total. The number of nitrogens with one attached hydrogen (secondary N) is 1. The molecule has 0 amide bonds. The van der Waals surface area contributed by atoms with Crippen LogP contribution in [0.25, 0.3) is 5.70 Å². The predicted octanol–water partition coefficient (Wildman–Crippen LogP) is 2.31. The first-order valence-corrected chi connectivity index (χ1v) is 9.36. The van der Waals surface area contributed by atoms with Crippen LogP contribution in [0.5, 0.6) is 0 Å². The Hall–Kier alpha value is -2.76. The Labute approximate surface area is 157 Å². The Balaban J connectivity index is 1.68. The number of fused-ring (bicyclic) bond motifs is 2. The van der Waals surface area contributed by atoms with Gasteiger partial charge in [0, 0.05) is 16.7 Å². The average molecular weight is 361 g/mol. The van der Waals surface area contributed by atoms with Crippen LogP contribution in [0.3, 0.4) is 0 Å². The maximum Gasteiger partial charge on any atom is 0.237 e. The van der Waals surface area contributed by atoms with Gasteiger partial charge in [0.15, 0.2) is 6.17 Å². The number of hydrogen-bond donors (Lipinski definition) is 1. The molecule has 27 heavy (non-hydrogen) atoms. The number of ether oxygens (including phenoxy) is 1. The number of quaternary nitrogens is 1. The molecular formula is C22H21N2O3+. The first kappa shape index (κ1) is 16.4. The molecule has 1 fully saturated rings. The van der Waals surface area contributed by atoms with Gasteiger partial charge < -0.3 is 10.1 Å². The molecule has 0 bridgehead atoms. The summed E-state index contributed by atoms with van der Waals surface area (Å²) in [6, 6.07) is 17.7. The van der Waals surface area contributed by atoms with Gasteiger partial charge in [0.2, 0.25) is 11.6 Å². The van der Waals surface area contributed by atoms with Crippen LogP contribution in [0.15, 0.2) is 60.2 Å². The van der Waals surface area contributed by atoms with Crippen LogP contribution in [-0.4, -0.2) is 48.9 Å². The minimum absolute atomic E-state index is 0.0305. The normalized spacial score (nSPS) is 23.6. The van der Waals surface area contributed by atoms with E-state index in [0.717, 1.165) is 24.4 Å². The lowest BCUT2D eigenvalue weighted by atomic mass is 9.84. The fourth-order valence-corrected chi connectivity index (χ4v) is 4.59. The summed E-state index contributed by atoms with van der Waals surface area (Å²) in [6.45, 7) is 3.50. The van der Waals surface area contributed by atoms with Crippen molar-refractivity contribution in [3.05, 3.63) is 76.9 Å². The van der Waals surface area contributed by atoms with Gasteiger partial charge in [-0.1, -0.05) is 54.6 Å². The second-order valence-corrected chi connectivity index (χ2v) is 7.45.